The van der Waals surface area contributed by atoms with Crippen molar-refractivity contribution in [1.29, 1.82) is 0 Å². The molecule has 2 N–H and O–H groups in total. The van der Waals surface area contributed by atoms with Crippen molar-refractivity contribution in [2.24, 2.45) is 23.5 Å². The molecule has 1 saturated heterocycles. The van der Waals surface area contributed by atoms with E-state index in [1.165, 1.54) is 38.8 Å². The molecule has 1 atom stereocenters. The second kappa shape index (κ2) is 8.89. The molecule has 0 radical (unpaired) electrons. The Morgan fingerprint density at radius 1 is 1.28 bits per heavy atom. The number of ether oxygens (including phenoxy) is 1. The van der Waals surface area contributed by atoms with E-state index >= 15 is 0 Å². The minimum absolute atomic E-state index is 0.696. The minimum atomic E-state index is 0.696. The summed E-state index contributed by atoms with van der Waals surface area (Å²) in [5.74, 6) is 2.30. The Labute approximate surface area is 113 Å². The van der Waals surface area contributed by atoms with Gasteiger partial charge in [-0.15, -0.1) is 0 Å². The summed E-state index contributed by atoms with van der Waals surface area (Å²) < 4.78 is 5.41. The Morgan fingerprint density at radius 3 is 2.50 bits per heavy atom. The molecule has 0 saturated carbocycles. The van der Waals surface area contributed by atoms with Crippen LogP contribution in [0.1, 0.15) is 39.5 Å². The highest BCUT2D eigenvalue weighted by molar-refractivity contribution is 4.69. The first kappa shape index (κ1) is 15.9. The smallest absolute Gasteiger partial charge is 0.0469 e. The quantitative estimate of drug-likeness (QED) is 0.724. The van der Waals surface area contributed by atoms with E-state index in [9.17, 15) is 0 Å². The number of nitrogens with two attached hydrogens (primary N) is 1. The predicted octanol–water partition coefficient (Wildman–Crippen LogP) is 2.36. The van der Waals surface area contributed by atoms with Gasteiger partial charge in [0.25, 0.3) is 0 Å². The third kappa shape index (κ3) is 6.72. The van der Waals surface area contributed by atoms with E-state index in [4.69, 9.17) is 10.5 Å². The molecule has 1 aliphatic heterocycles. The van der Waals surface area contributed by atoms with E-state index in [0.29, 0.717) is 5.92 Å². The van der Waals surface area contributed by atoms with Gasteiger partial charge in [0.2, 0.25) is 0 Å². The standard InChI is InChI=1S/C15H32N2O/c1-13(2)10-15(11-16)4-7-17(3)12-14-5-8-18-9-6-14/h13-15H,4-12,16H2,1-3H3. The Balaban J connectivity index is 2.16. The van der Waals surface area contributed by atoms with E-state index in [1.54, 1.807) is 0 Å². The molecule has 0 aliphatic carbocycles. The van der Waals surface area contributed by atoms with Crippen LogP contribution < -0.4 is 5.73 Å². The van der Waals surface area contributed by atoms with Crippen molar-refractivity contribution >= 4 is 0 Å². The van der Waals surface area contributed by atoms with E-state index in [-0.39, 0.29) is 0 Å². The second-order valence-electron chi connectivity index (χ2n) is 6.34. The molecule has 1 unspecified atom stereocenters. The average Bonchev–Trinajstić information content (AvgIpc) is 2.35. The maximum Gasteiger partial charge on any atom is 0.0469 e. The summed E-state index contributed by atoms with van der Waals surface area (Å²) in [4.78, 5) is 2.49. The topological polar surface area (TPSA) is 38.5 Å². The van der Waals surface area contributed by atoms with Crippen LogP contribution in [0.3, 0.4) is 0 Å². The van der Waals surface area contributed by atoms with Crippen LogP contribution in [0, 0.1) is 17.8 Å². The molecule has 0 amide bonds. The Kier molecular flexibility index (Phi) is 7.87. The SMILES string of the molecule is CC(C)CC(CN)CCN(C)CC1CCOCC1. The average molecular weight is 256 g/mol. The molecule has 1 aliphatic rings. The molecule has 1 rings (SSSR count). The third-order valence-electron chi connectivity index (χ3n) is 3.97. The minimum Gasteiger partial charge on any atom is -0.381 e. The summed E-state index contributed by atoms with van der Waals surface area (Å²) in [6.45, 7) is 9.73. The van der Waals surface area contributed by atoms with Gasteiger partial charge in [0, 0.05) is 19.8 Å². The first-order chi connectivity index (χ1) is 8.61. The van der Waals surface area contributed by atoms with Gasteiger partial charge in [-0.05, 0) is 63.6 Å². The highest BCUT2D eigenvalue weighted by atomic mass is 16.5. The fourth-order valence-electron chi connectivity index (χ4n) is 2.86. The van der Waals surface area contributed by atoms with Gasteiger partial charge in [-0.3, -0.25) is 0 Å². The van der Waals surface area contributed by atoms with Crippen molar-refractivity contribution < 1.29 is 4.74 Å². The molecule has 0 aromatic rings. The lowest BCUT2D eigenvalue weighted by Crippen LogP contribution is -2.32. The van der Waals surface area contributed by atoms with Crippen molar-refractivity contribution in [3.05, 3.63) is 0 Å². The first-order valence-corrected chi connectivity index (χ1v) is 7.58. The fourth-order valence-corrected chi connectivity index (χ4v) is 2.86. The van der Waals surface area contributed by atoms with Crippen molar-refractivity contribution in [2.45, 2.75) is 39.5 Å². The van der Waals surface area contributed by atoms with Crippen molar-refractivity contribution in [2.75, 3.05) is 39.9 Å². The number of nitrogens with zero attached hydrogens (tertiary/aromatic N) is 1. The van der Waals surface area contributed by atoms with E-state index in [1.807, 2.05) is 0 Å². The molecular formula is C15H32N2O. The summed E-state index contributed by atoms with van der Waals surface area (Å²) in [6.07, 6.45) is 4.98. The number of hydrogen-bond donors (Lipinski definition) is 1. The lowest BCUT2D eigenvalue weighted by Gasteiger charge is -2.28. The van der Waals surface area contributed by atoms with Gasteiger partial charge in [0.15, 0.2) is 0 Å². The molecule has 3 heteroatoms. The Bertz CT molecular complexity index is 203. The summed E-state index contributed by atoms with van der Waals surface area (Å²) in [6, 6.07) is 0. The molecule has 1 fully saturated rings. The highest BCUT2D eigenvalue weighted by Crippen LogP contribution is 2.17. The van der Waals surface area contributed by atoms with Gasteiger partial charge in [-0.1, -0.05) is 13.8 Å². The van der Waals surface area contributed by atoms with Crippen LogP contribution >= 0.6 is 0 Å². The van der Waals surface area contributed by atoms with Crippen molar-refractivity contribution in [1.82, 2.24) is 4.90 Å². The largest absolute Gasteiger partial charge is 0.381 e. The zero-order valence-electron chi connectivity index (χ0n) is 12.5. The molecule has 3 nitrogen and oxygen atoms in total. The lowest BCUT2D eigenvalue weighted by molar-refractivity contribution is 0.0551. The van der Waals surface area contributed by atoms with E-state index < -0.39 is 0 Å². The van der Waals surface area contributed by atoms with E-state index in [2.05, 4.69) is 25.8 Å². The second-order valence-corrected chi connectivity index (χ2v) is 6.34. The number of hydrogen-bond acceptors (Lipinski definition) is 3. The molecule has 1 heterocycles. The van der Waals surface area contributed by atoms with Crippen molar-refractivity contribution in [3.8, 4) is 0 Å². The zero-order valence-corrected chi connectivity index (χ0v) is 12.5. The van der Waals surface area contributed by atoms with Gasteiger partial charge in [-0.25, -0.2) is 0 Å². The van der Waals surface area contributed by atoms with Crippen molar-refractivity contribution in [3.63, 3.8) is 0 Å². The summed E-state index contributed by atoms with van der Waals surface area (Å²) in [7, 11) is 2.25. The maximum absolute atomic E-state index is 5.86. The molecule has 0 spiro atoms. The van der Waals surface area contributed by atoms with Crippen LogP contribution in [-0.2, 0) is 4.74 Å². The first-order valence-electron chi connectivity index (χ1n) is 7.58. The summed E-state index contributed by atoms with van der Waals surface area (Å²) in [5.41, 5.74) is 5.86. The van der Waals surface area contributed by atoms with Gasteiger partial charge in [-0.2, -0.15) is 0 Å². The van der Waals surface area contributed by atoms with Crippen LogP contribution in [0.15, 0.2) is 0 Å². The van der Waals surface area contributed by atoms with Crippen LogP contribution in [-0.4, -0.2) is 44.8 Å². The summed E-state index contributed by atoms with van der Waals surface area (Å²) in [5, 5.41) is 0. The molecular weight excluding hydrogens is 224 g/mol. The van der Waals surface area contributed by atoms with Crippen LogP contribution in [0.4, 0.5) is 0 Å². The van der Waals surface area contributed by atoms with Gasteiger partial charge < -0.3 is 15.4 Å². The molecule has 0 aromatic carbocycles. The molecule has 0 aromatic heterocycles. The molecule has 18 heavy (non-hydrogen) atoms. The maximum atomic E-state index is 5.86. The highest BCUT2D eigenvalue weighted by Gasteiger charge is 2.16. The molecule has 108 valence electrons. The third-order valence-corrected chi connectivity index (χ3v) is 3.97. The Morgan fingerprint density at radius 2 is 1.94 bits per heavy atom. The fraction of sp³-hybridized carbons (Fsp3) is 1.00. The number of rotatable bonds is 8. The van der Waals surface area contributed by atoms with Gasteiger partial charge in [0.05, 0.1) is 0 Å². The van der Waals surface area contributed by atoms with Crippen LogP contribution in [0.2, 0.25) is 0 Å². The Hall–Kier alpha value is -0.120. The lowest BCUT2D eigenvalue weighted by atomic mass is 9.94. The summed E-state index contributed by atoms with van der Waals surface area (Å²) >= 11 is 0. The van der Waals surface area contributed by atoms with E-state index in [0.717, 1.165) is 31.6 Å². The van der Waals surface area contributed by atoms with Gasteiger partial charge >= 0.3 is 0 Å². The van der Waals surface area contributed by atoms with Crippen LogP contribution in [0.25, 0.3) is 0 Å². The monoisotopic (exact) mass is 256 g/mol. The van der Waals surface area contributed by atoms with Crippen LogP contribution in [0.5, 0.6) is 0 Å². The predicted molar refractivity (Wildman–Crippen MR) is 77.7 cm³/mol. The zero-order chi connectivity index (χ0) is 13.4. The molecule has 0 bridgehead atoms. The normalized spacial score (nSPS) is 19.7. The van der Waals surface area contributed by atoms with Gasteiger partial charge in [0.1, 0.15) is 0 Å².